The molecule has 0 bridgehead atoms. The summed E-state index contributed by atoms with van der Waals surface area (Å²) >= 11 is 0. The molecule has 3 atom stereocenters. The van der Waals surface area contributed by atoms with Gasteiger partial charge in [0, 0.05) is 13.7 Å². The number of hydrogen-bond donors (Lipinski definition) is 2. The highest BCUT2D eigenvalue weighted by Gasteiger charge is 2.36. The second-order valence-electron chi connectivity index (χ2n) is 5.70. The van der Waals surface area contributed by atoms with Crippen LogP contribution in [0, 0.1) is 0 Å². The maximum atomic E-state index is 10.2. The minimum atomic E-state index is -0.523. The average molecular weight is 318 g/mol. The Kier molecular flexibility index (Phi) is 5.35. The Morgan fingerprint density at radius 3 is 3.00 bits per heavy atom. The second-order valence-corrected chi connectivity index (χ2v) is 5.70. The van der Waals surface area contributed by atoms with E-state index < -0.39 is 6.10 Å². The second kappa shape index (κ2) is 7.65. The molecule has 1 aliphatic rings. The van der Waals surface area contributed by atoms with E-state index in [0.717, 1.165) is 5.69 Å². The third-order valence-corrected chi connectivity index (χ3v) is 3.93. The molecular weight excluding hydrogens is 296 g/mol. The average Bonchev–Trinajstić information content (AvgIpc) is 3.14. The Bertz CT molecular complexity index is 604. The summed E-state index contributed by atoms with van der Waals surface area (Å²) in [7, 11) is 1.62. The number of methoxy groups -OCH3 is 1. The molecule has 1 saturated heterocycles. The van der Waals surface area contributed by atoms with Crippen molar-refractivity contribution < 1.29 is 14.6 Å². The van der Waals surface area contributed by atoms with Gasteiger partial charge in [0.25, 0.3) is 0 Å². The lowest BCUT2D eigenvalue weighted by atomic mass is 10.1. The van der Waals surface area contributed by atoms with Gasteiger partial charge in [-0.2, -0.15) is 0 Å². The van der Waals surface area contributed by atoms with Gasteiger partial charge in [-0.05, 0) is 5.56 Å². The summed E-state index contributed by atoms with van der Waals surface area (Å²) in [6, 6.07) is 9.97. The first-order chi connectivity index (χ1) is 11.3. The van der Waals surface area contributed by atoms with Gasteiger partial charge in [-0.3, -0.25) is 0 Å². The van der Waals surface area contributed by atoms with Gasteiger partial charge < -0.3 is 19.9 Å². The summed E-state index contributed by atoms with van der Waals surface area (Å²) < 4.78 is 12.5. The number of hydrogen-bond acceptors (Lipinski definition) is 6. The minimum Gasteiger partial charge on any atom is -0.389 e. The molecule has 1 aromatic carbocycles. The van der Waals surface area contributed by atoms with E-state index in [1.54, 1.807) is 11.8 Å². The highest BCUT2D eigenvalue weighted by molar-refractivity contribution is 5.14. The van der Waals surface area contributed by atoms with Crippen molar-refractivity contribution in [1.82, 2.24) is 20.3 Å². The van der Waals surface area contributed by atoms with Gasteiger partial charge in [-0.1, -0.05) is 35.5 Å². The third kappa shape index (κ3) is 4.14. The molecule has 0 spiro atoms. The molecule has 7 heteroatoms. The molecule has 2 aromatic rings. The Hall–Kier alpha value is -1.80. The van der Waals surface area contributed by atoms with Crippen molar-refractivity contribution in [2.24, 2.45) is 0 Å². The predicted molar refractivity (Wildman–Crippen MR) is 83.6 cm³/mol. The van der Waals surface area contributed by atoms with Crippen LogP contribution in [0.25, 0.3) is 0 Å². The van der Waals surface area contributed by atoms with Crippen molar-refractivity contribution in [2.75, 3.05) is 13.7 Å². The van der Waals surface area contributed by atoms with Crippen LogP contribution >= 0.6 is 0 Å². The molecule has 124 valence electrons. The van der Waals surface area contributed by atoms with Crippen molar-refractivity contribution in [1.29, 1.82) is 0 Å². The Morgan fingerprint density at radius 1 is 1.39 bits per heavy atom. The molecule has 7 nitrogen and oxygen atoms in total. The Labute approximate surface area is 135 Å². The molecule has 0 aliphatic carbocycles. The molecule has 0 radical (unpaired) electrons. The fourth-order valence-electron chi connectivity index (χ4n) is 2.77. The Balaban J connectivity index is 1.59. The summed E-state index contributed by atoms with van der Waals surface area (Å²) in [5.41, 5.74) is 1.95. The Morgan fingerprint density at radius 2 is 2.22 bits per heavy atom. The van der Waals surface area contributed by atoms with Crippen molar-refractivity contribution >= 4 is 0 Å². The molecule has 2 N–H and O–H groups in total. The van der Waals surface area contributed by atoms with E-state index in [0.29, 0.717) is 26.3 Å². The normalized spacial score (nSPS) is 24.2. The first-order valence-electron chi connectivity index (χ1n) is 7.71. The third-order valence-electron chi connectivity index (χ3n) is 3.93. The van der Waals surface area contributed by atoms with E-state index in [1.165, 1.54) is 5.56 Å². The van der Waals surface area contributed by atoms with Crippen molar-refractivity contribution in [3.05, 3.63) is 47.8 Å². The maximum Gasteiger partial charge on any atom is 0.108 e. The van der Waals surface area contributed by atoms with Gasteiger partial charge in [0.15, 0.2) is 0 Å². The largest absolute Gasteiger partial charge is 0.389 e. The molecule has 3 rings (SSSR count). The van der Waals surface area contributed by atoms with Crippen LogP contribution in [0.5, 0.6) is 0 Å². The van der Waals surface area contributed by atoms with Gasteiger partial charge in [0.1, 0.15) is 5.69 Å². The van der Waals surface area contributed by atoms with E-state index in [4.69, 9.17) is 9.47 Å². The van der Waals surface area contributed by atoms with E-state index >= 15 is 0 Å². The zero-order chi connectivity index (χ0) is 16.1. The number of nitrogens with one attached hydrogen (secondary N) is 1. The van der Waals surface area contributed by atoms with E-state index in [9.17, 15) is 5.11 Å². The zero-order valence-electron chi connectivity index (χ0n) is 13.1. The molecule has 1 aliphatic heterocycles. The molecule has 1 fully saturated rings. The van der Waals surface area contributed by atoms with E-state index in [1.807, 2.05) is 24.4 Å². The van der Waals surface area contributed by atoms with Crippen molar-refractivity contribution in [3.63, 3.8) is 0 Å². The summed E-state index contributed by atoms with van der Waals surface area (Å²) in [4.78, 5) is 0. The van der Waals surface area contributed by atoms with Gasteiger partial charge in [-0.25, -0.2) is 4.68 Å². The summed E-state index contributed by atoms with van der Waals surface area (Å²) in [6.07, 6.45) is 1.17. The monoisotopic (exact) mass is 318 g/mol. The van der Waals surface area contributed by atoms with E-state index in [2.05, 4.69) is 27.8 Å². The van der Waals surface area contributed by atoms with Crippen LogP contribution in [0.4, 0.5) is 0 Å². The standard InChI is InChI=1S/C16H22N4O3/c1-22-10-13-8-20(19-18-13)9-15-16(14(21)11-23-15)17-7-12-5-3-2-4-6-12/h2-6,8,14-17,21H,7,9-11H2,1H3/t14-,15+,16+/m0/s1. The SMILES string of the molecule is COCc1cn(C[C@H]2OC[C@H](O)[C@H]2NCc2ccccc2)nn1. The van der Waals surface area contributed by atoms with Crippen LogP contribution in [-0.2, 0) is 29.2 Å². The smallest absolute Gasteiger partial charge is 0.108 e. The molecule has 1 aromatic heterocycles. The van der Waals surface area contributed by atoms with Crippen molar-refractivity contribution in [3.8, 4) is 0 Å². The number of aromatic nitrogens is 3. The lowest BCUT2D eigenvalue weighted by Crippen LogP contribution is -2.45. The van der Waals surface area contributed by atoms with Crippen LogP contribution in [0.1, 0.15) is 11.3 Å². The number of nitrogens with zero attached hydrogens (tertiary/aromatic N) is 3. The first-order valence-corrected chi connectivity index (χ1v) is 7.71. The molecule has 0 saturated carbocycles. The fraction of sp³-hybridized carbons (Fsp3) is 0.500. The lowest BCUT2D eigenvalue weighted by molar-refractivity contribution is 0.0741. The molecule has 2 heterocycles. The van der Waals surface area contributed by atoms with Crippen LogP contribution in [-0.4, -0.2) is 52.1 Å². The van der Waals surface area contributed by atoms with Crippen LogP contribution < -0.4 is 5.32 Å². The number of benzene rings is 1. The van der Waals surface area contributed by atoms with Crippen LogP contribution in [0.15, 0.2) is 36.5 Å². The summed E-state index contributed by atoms with van der Waals surface area (Å²) in [5.74, 6) is 0. The highest BCUT2D eigenvalue weighted by atomic mass is 16.5. The zero-order valence-corrected chi connectivity index (χ0v) is 13.1. The van der Waals surface area contributed by atoms with Crippen LogP contribution in [0.3, 0.4) is 0 Å². The highest BCUT2D eigenvalue weighted by Crippen LogP contribution is 2.17. The fourth-order valence-corrected chi connectivity index (χ4v) is 2.77. The van der Waals surface area contributed by atoms with Crippen LogP contribution in [0.2, 0.25) is 0 Å². The van der Waals surface area contributed by atoms with Gasteiger partial charge in [-0.15, -0.1) is 5.10 Å². The molecule has 23 heavy (non-hydrogen) atoms. The topological polar surface area (TPSA) is 81.4 Å². The number of aliphatic hydroxyl groups is 1. The van der Waals surface area contributed by atoms with Gasteiger partial charge >= 0.3 is 0 Å². The first kappa shape index (κ1) is 16.1. The number of aliphatic hydroxyl groups excluding tert-OH is 1. The molecule has 0 amide bonds. The molecule has 0 unspecified atom stereocenters. The minimum absolute atomic E-state index is 0.134. The summed E-state index contributed by atoms with van der Waals surface area (Å²) in [6.45, 7) is 2.00. The van der Waals surface area contributed by atoms with Crippen molar-refractivity contribution in [2.45, 2.75) is 37.9 Å². The molecular formula is C16H22N4O3. The quantitative estimate of drug-likeness (QED) is 0.766. The summed E-state index contributed by atoms with van der Waals surface area (Å²) in [5, 5.41) is 21.6. The number of rotatable bonds is 7. The van der Waals surface area contributed by atoms with E-state index in [-0.39, 0.29) is 12.1 Å². The predicted octanol–water partition coefficient (Wildman–Crippen LogP) is 0.343. The lowest BCUT2D eigenvalue weighted by Gasteiger charge is -2.21. The van der Waals surface area contributed by atoms with Gasteiger partial charge in [0.2, 0.25) is 0 Å². The van der Waals surface area contributed by atoms with Gasteiger partial charge in [0.05, 0.1) is 44.2 Å². The maximum absolute atomic E-state index is 10.2. The number of ether oxygens (including phenoxy) is 2.